The molecule has 9 heteroatoms. The van der Waals surface area contributed by atoms with Crippen molar-refractivity contribution >= 4 is 29.1 Å². The second kappa shape index (κ2) is 10.4. The number of carbonyl (C=O) groups excluding carboxylic acids is 3. The van der Waals surface area contributed by atoms with E-state index in [1.807, 2.05) is 40.6 Å². The molecular formula is C24H30N4O4S. The van der Waals surface area contributed by atoms with Gasteiger partial charge in [-0.15, -0.1) is 11.3 Å². The minimum atomic E-state index is -0.643. The molecule has 3 amide bonds. The van der Waals surface area contributed by atoms with Crippen LogP contribution in [0, 0.1) is 5.92 Å². The number of rotatable bonds is 9. The Morgan fingerprint density at radius 3 is 2.73 bits per heavy atom. The third kappa shape index (κ3) is 5.36. The molecule has 2 atom stereocenters. The molecule has 33 heavy (non-hydrogen) atoms. The van der Waals surface area contributed by atoms with Crippen LogP contribution in [-0.4, -0.2) is 66.3 Å². The molecule has 2 fully saturated rings. The lowest BCUT2D eigenvalue weighted by Crippen LogP contribution is -2.46. The number of hydrogen-bond acceptors (Lipinski definition) is 6. The van der Waals surface area contributed by atoms with Crippen molar-refractivity contribution in [3.8, 4) is 5.75 Å². The standard InChI is InChI=1S/C24H30N4O4S/c1-32-19-5-2-4-16(12-19)14-27(23(30)17-7-8-17)18-13-20(22(29)26-10-9-25)28(15-18)24(31)21-6-3-11-33-21/h2-6,11-12,17-18,20H,7-10,13-15,25H2,1H3,(H,26,29). The minimum Gasteiger partial charge on any atom is -0.497 e. The Bertz CT molecular complexity index is 992. The molecule has 1 saturated carbocycles. The van der Waals surface area contributed by atoms with E-state index in [0.29, 0.717) is 37.5 Å². The van der Waals surface area contributed by atoms with Crippen LogP contribution in [-0.2, 0) is 16.1 Å². The van der Waals surface area contributed by atoms with Crippen molar-refractivity contribution in [3.63, 3.8) is 0 Å². The Hall–Kier alpha value is -2.91. The molecule has 8 nitrogen and oxygen atoms in total. The van der Waals surface area contributed by atoms with Gasteiger partial charge in [-0.05, 0) is 48.4 Å². The van der Waals surface area contributed by atoms with Gasteiger partial charge in [-0.3, -0.25) is 14.4 Å². The number of methoxy groups -OCH3 is 1. The van der Waals surface area contributed by atoms with Gasteiger partial charge in [0.05, 0.1) is 18.0 Å². The van der Waals surface area contributed by atoms with Gasteiger partial charge in [0, 0.05) is 32.1 Å². The SMILES string of the molecule is COc1cccc(CN(C(=O)C2CC2)C2CC(C(=O)NCCN)N(C(=O)c3cccs3)C2)c1. The van der Waals surface area contributed by atoms with Crippen LogP contribution < -0.4 is 15.8 Å². The van der Waals surface area contributed by atoms with Gasteiger partial charge in [0.2, 0.25) is 11.8 Å². The summed E-state index contributed by atoms with van der Waals surface area (Å²) in [4.78, 5) is 43.5. The average Bonchev–Trinajstić information content (AvgIpc) is 3.35. The summed E-state index contributed by atoms with van der Waals surface area (Å²) < 4.78 is 5.34. The van der Waals surface area contributed by atoms with E-state index in [1.165, 1.54) is 11.3 Å². The molecule has 3 N–H and O–H groups in total. The Morgan fingerprint density at radius 1 is 1.24 bits per heavy atom. The molecular weight excluding hydrogens is 440 g/mol. The zero-order valence-electron chi connectivity index (χ0n) is 18.7. The zero-order chi connectivity index (χ0) is 23.4. The number of hydrogen-bond donors (Lipinski definition) is 2. The fourth-order valence-electron chi connectivity index (χ4n) is 4.29. The summed E-state index contributed by atoms with van der Waals surface area (Å²) in [6, 6.07) is 10.3. The summed E-state index contributed by atoms with van der Waals surface area (Å²) >= 11 is 1.35. The first kappa shape index (κ1) is 23.3. The fourth-order valence-corrected chi connectivity index (χ4v) is 4.97. The van der Waals surface area contributed by atoms with Crippen LogP contribution in [0.2, 0.25) is 0 Å². The van der Waals surface area contributed by atoms with Gasteiger partial charge >= 0.3 is 0 Å². The van der Waals surface area contributed by atoms with Crippen molar-refractivity contribution in [1.29, 1.82) is 0 Å². The molecule has 1 aromatic carbocycles. The molecule has 0 spiro atoms. The summed E-state index contributed by atoms with van der Waals surface area (Å²) in [5.74, 6) is 0.441. The molecule has 2 aromatic rings. The van der Waals surface area contributed by atoms with Crippen molar-refractivity contribution in [2.24, 2.45) is 11.7 Å². The number of nitrogens with two attached hydrogens (primary N) is 1. The first-order valence-electron chi connectivity index (χ1n) is 11.3. The fraction of sp³-hybridized carbons (Fsp3) is 0.458. The van der Waals surface area contributed by atoms with Crippen molar-refractivity contribution in [2.45, 2.75) is 37.9 Å². The van der Waals surface area contributed by atoms with Gasteiger partial charge in [0.15, 0.2) is 0 Å². The molecule has 2 heterocycles. The quantitative estimate of drug-likeness (QED) is 0.582. The molecule has 0 bridgehead atoms. The first-order valence-corrected chi connectivity index (χ1v) is 12.2. The third-order valence-electron chi connectivity index (χ3n) is 6.16. The van der Waals surface area contributed by atoms with Gasteiger partial charge in [-0.2, -0.15) is 0 Å². The van der Waals surface area contributed by atoms with Gasteiger partial charge in [-0.1, -0.05) is 18.2 Å². The Morgan fingerprint density at radius 2 is 2.06 bits per heavy atom. The van der Waals surface area contributed by atoms with Crippen molar-refractivity contribution in [2.75, 3.05) is 26.7 Å². The van der Waals surface area contributed by atoms with Gasteiger partial charge in [-0.25, -0.2) is 0 Å². The largest absolute Gasteiger partial charge is 0.497 e. The number of nitrogens with one attached hydrogen (secondary N) is 1. The van der Waals surface area contributed by atoms with Gasteiger partial charge < -0.3 is 25.6 Å². The number of benzene rings is 1. The highest BCUT2D eigenvalue weighted by Gasteiger charge is 2.45. The van der Waals surface area contributed by atoms with E-state index in [2.05, 4.69) is 5.32 Å². The summed E-state index contributed by atoms with van der Waals surface area (Å²) in [6.45, 7) is 1.40. The lowest BCUT2D eigenvalue weighted by Gasteiger charge is -2.29. The predicted molar refractivity (Wildman–Crippen MR) is 126 cm³/mol. The van der Waals surface area contributed by atoms with E-state index >= 15 is 0 Å². The lowest BCUT2D eigenvalue weighted by atomic mass is 10.1. The molecule has 2 aliphatic rings. The highest BCUT2D eigenvalue weighted by molar-refractivity contribution is 7.12. The summed E-state index contributed by atoms with van der Waals surface area (Å²) in [5, 5.41) is 4.66. The maximum absolute atomic E-state index is 13.3. The van der Waals surface area contributed by atoms with Crippen LogP contribution in [0.15, 0.2) is 41.8 Å². The van der Waals surface area contributed by atoms with E-state index in [4.69, 9.17) is 10.5 Å². The van der Waals surface area contributed by atoms with Crippen LogP contribution >= 0.6 is 11.3 Å². The Labute approximate surface area is 197 Å². The minimum absolute atomic E-state index is 0.0298. The topological polar surface area (TPSA) is 105 Å². The van der Waals surface area contributed by atoms with Gasteiger partial charge in [0.25, 0.3) is 5.91 Å². The number of nitrogens with zero attached hydrogens (tertiary/aromatic N) is 2. The number of carbonyl (C=O) groups is 3. The number of ether oxygens (including phenoxy) is 1. The molecule has 1 aromatic heterocycles. The maximum atomic E-state index is 13.3. The third-order valence-corrected chi connectivity index (χ3v) is 7.01. The van der Waals surface area contributed by atoms with Crippen LogP contribution in [0.3, 0.4) is 0 Å². The zero-order valence-corrected chi connectivity index (χ0v) is 19.6. The van der Waals surface area contributed by atoms with E-state index in [-0.39, 0.29) is 29.7 Å². The van der Waals surface area contributed by atoms with Gasteiger partial charge in [0.1, 0.15) is 11.8 Å². The van der Waals surface area contributed by atoms with Crippen LogP contribution in [0.25, 0.3) is 0 Å². The lowest BCUT2D eigenvalue weighted by molar-refractivity contribution is -0.135. The average molecular weight is 471 g/mol. The smallest absolute Gasteiger partial charge is 0.264 e. The Kier molecular flexibility index (Phi) is 7.29. The van der Waals surface area contributed by atoms with Crippen LogP contribution in [0.1, 0.15) is 34.5 Å². The van der Waals surface area contributed by atoms with E-state index in [1.54, 1.807) is 18.1 Å². The van der Waals surface area contributed by atoms with Crippen molar-refractivity contribution in [1.82, 2.24) is 15.1 Å². The van der Waals surface area contributed by atoms with E-state index in [9.17, 15) is 14.4 Å². The molecule has 1 saturated heterocycles. The molecule has 1 aliphatic heterocycles. The van der Waals surface area contributed by atoms with Crippen LogP contribution in [0.5, 0.6) is 5.75 Å². The number of likely N-dealkylation sites (tertiary alicyclic amines) is 1. The van der Waals surface area contributed by atoms with Crippen molar-refractivity contribution < 1.29 is 19.1 Å². The number of thiophene rings is 1. The van der Waals surface area contributed by atoms with Crippen molar-refractivity contribution in [3.05, 3.63) is 52.2 Å². The summed E-state index contributed by atoms with van der Waals surface area (Å²) in [6.07, 6.45) is 2.17. The predicted octanol–water partition coefficient (Wildman–Crippen LogP) is 1.85. The first-order chi connectivity index (χ1) is 16.0. The number of amides is 3. The highest BCUT2D eigenvalue weighted by Crippen LogP contribution is 2.35. The second-order valence-electron chi connectivity index (χ2n) is 8.51. The molecule has 2 unspecified atom stereocenters. The highest BCUT2D eigenvalue weighted by atomic mass is 32.1. The van der Waals surface area contributed by atoms with E-state index in [0.717, 1.165) is 24.2 Å². The molecule has 0 radical (unpaired) electrons. The molecule has 1 aliphatic carbocycles. The summed E-state index contributed by atoms with van der Waals surface area (Å²) in [7, 11) is 1.61. The van der Waals surface area contributed by atoms with Crippen LogP contribution in [0.4, 0.5) is 0 Å². The Balaban J connectivity index is 1.59. The normalized spacial score (nSPS) is 19.9. The summed E-state index contributed by atoms with van der Waals surface area (Å²) in [5.41, 5.74) is 6.51. The molecule has 176 valence electrons. The monoisotopic (exact) mass is 470 g/mol. The second-order valence-corrected chi connectivity index (χ2v) is 9.46. The van der Waals surface area contributed by atoms with E-state index < -0.39 is 6.04 Å². The molecule has 4 rings (SSSR count). The maximum Gasteiger partial charge on any atom is 0.264 e.